The van der Waals surface area contributed by atoms with Crippen molar-refractivity contribution in [3.05, 3.63) is 24.0 Å². The third kappa shape index (κ3) is 3.24. The molecule has 0 fully saturated rings. The maximum Gasteiger partial charge on any atom is 0.208 e. The average molecular weight is 283 g/mol. The van der Waals surface area contributed by atoms with E-state index < -0.39 is 10.0 Å². The molecule has 1 aromatic carbocycles. The lowest BCUT2D eigenvalue weighted by atomic mass is 10.3. The lowest BCUT2D eigenvalue weighted by Gasteiger charge is -2.03. The van der Waals surface area contributed by atoms with Gasteiger partial charge in [-0.15, -0.1) is 0 Å². The van der Waals surface area contributed by atoms with Crippen molar-refractivity contribution < 1.29 is 13.2 Å². The van der Waals surface area contributed by atoms with E-state index in [4.69, 9.17) is 4.74 Å². The zero-order chi connectivity index (χ0) is 14.0. The Balaban J connectivity index is 2.22. The lowest BCUT2D eigenvalue weighted by Crippen LogP contribution is -2.25. The zero-order valence-electron chi connectivity index (χ0n) is 11.2. The van der Waals surface area contributed by atoms with Gasteiger partial charge in [-0.05, 0) is 12.1 Å². The van der Waals surface area contributed by atoms with Crippen molar-refractivity contribution in [1.82, 2.24) is 14.3 Å². The number of nitrogens with one attached hydrogen (secondary N) is 1. The van der Waals surface area contributed by atoms with Crippen molar-refractivity contribution in [2.24, 2.45) is 7.05 Å². The molecule has 0 spiro atoms. The van der Waals surface area contributed by atoms with Crippen LogP contribution in [-0.2, 0) is 23.5 Å². The maximum atomic E-state index is 11.0. The van der Waals surface area contributed by atoms with Gasteiger partial charge >= 0.3 is 0 Å². The van der Waals surface area contributed by atoms with Crippen molar-refractivity contribution in [3.63, 3.8) is 0 Å². The Hall–Kier alpha value is -1.60. The van der Waals surface area contributed by atoms with E-state index in [1.54, 1.807) is 7.11 Å². The fourth-order valence-electron chi connectivity index (χ4n) is 1.93. The van der Waals surface area contributed by atoms with E-state index in [0.717, 1.165) is 28.9 Å². The minimum Gasteiger partial charge on any atom is -0.497 e. The van der Waals surface area contributed by atoms with E-state index in [0.29, 0.717) is 13.0 Å². The minimum atomic E-state index is -3.15. The van der Waals surface area contributed by atoms with Crippen molar-refractivity contribution in [3.8, 4) is 5.75 Å². The second-order valence-corrected chi connectivity index (χ2v) is 6.19. The zero-order valence-corrected chi connectivity index (χ0v) is 12.0. The number of benzene rings is 1. The van der Waals surface area contributed by atoms with Gasteiger partial charge in [0.2, 0.25) is 10.0 Å². The topological polar surface area (TPSA) is 73.2 Å². The van der Waals surface area contributed by atoms with Crippen LogP contribution in [0.4, 0.5) is 0 Å². The number of nitrogens with zero attached hydrogens (tertiary/aromatic N) is 2. The normalized spacial score (nSPS) is 11.9. The fourth-order valence-corrected chi connectivity index (χ4v) is 2.40. The van der Waals surface area contributed by atoms with Crippen molar-refractivity contribution in [1.29, 1.82) is 0 Å². The molecule has 0 amide bonds. The Kier molecular flexibility index (Phi) is 3.77. The van der Waals surface area contributed by atoms with E-state index in [1.165, 1.54) is 0 Å². The van der Waals surface area contributed by atoms with Crippen LogP contribution in [0.2, 0.25) is 0 Å². The predicted octanol–water partition coefficient (Wildman–Crippen LogP) is 0.674. The molecule has 0 bridgehead atoms. The summed E-state index contributed by atoms with van der Waals surface area (Å²) in [7, 11) is 0.372. The van der Waals surface area contributed by atoms with E-state index in [9.17, 15) is 8.42 Å². The number of hydrogen-bond donors (Lipinski definition) is 1. The molecule has 0 aliphatic rings. The van der Waals surface area contributed by atoms with Crippen LogP contribution in [0.1, 0.15) is 5.82 Å². The Morgan fingerprint density at radius 2 is 2.16 bits per heavy atom. The smallest absolute Gasteiger partial charge is 0.208 e. The Labute approximate surface area is 112 Å². The second-order valence-electron chi connectivity index (χ2n) is 4.36. The van der Waals surface area contributed by atoms with Crippen LogP contribution in [0.5, 0.6) is 5.75 Å². The summed E-state index contributed by atoms with van der Waals surface area (Å²) >= 11 is 0. The van der Waals surface area contributed by atoms with Gasteiger partial charge in [-0.3, -0.25) is 0 Å². The van der Waals surface area contributed by atoms with Crippen LogP contribution < -0.4 is 9.46 Å². The molecule has 0 atom stereocenters. The standard InChI is InChI=1S/C12H17N3O3S/c1-15-11-5-4-9(18-2)8-10(11)14-12(15)6-7-13-19(3,16)17/h4-5,8,13H,6-7H2,1-3H3. The van der Waals surface area contributed by atoms with E-state index in [1.807, 2.05) is 29.8 Å². The third-order valence-electron chi connectivity index (χ3n) is 2.89. The summed E-state index contributed by atoms with van der Waals surface area (Å²) in [6.07, 6.45) is 1.69. The molecule has 1 aromatic heterocycles. The molecule has 0 saturated carbocycles. The fraction of sp³-hybridized carbons (Fsp3) is 0.417. The molecular formula is C12H17N3O3S. The molecule has 1 N–H and O–H groups in total. The highest BCUT2D eigenvalue weighted by atomic mass is 32.2. The first-order chi connectivity index (χ1) is 8.90. The molecule has 6 nitrogen and oxygen atoms in total. The maximum absolute atomic E-state index is 11.0. The third-order valence-corrected chi connectivity index (χ3v) is 3.62. The van der Waals surface area contributed by atoms with Crippen molar-refractivity contribution in [2.75, 3.05) is 19.9 Å². The summed E-state index contributed by atoms with van der Waals surface area (Å²) in [6.45, 7) is 0.340. The van der Waals surface area contributed by atoms with Crippen LogP contribution >= 0.6 is 0 Å². The van der Waals surface area contributed by atoms with Gasteiger partial charge in [0.1, 0.15) is 11.6 Å². The second kappa shape index (κ2) is 5.18. The van der Waals surface area contributed by atoms with Gasteiger partial charge in [0.05, 0.1) is 24.4 Å². The SMILES string of the molecule is COc1ccc2c(c1)nc(CCNS(C)(=O)=O)n2C. The van der Waals surface area contributed by atoms with Crippen LogP contribution in [-0.4, -0.2) is 37.9 Å². The van der Waals surface area contributed by atoms with Crippen LogP contribution in [0.3, 0.4) is 0 Å². The molecule has 0 aliphatic heterocycles. The molecular weight excluding hydrogens is 266 g/mol. The molecule has 0 unspecified atom stereocenters. The highest BCUT2D eigenvalue weighted by Gasteiger charge is 2.09. The number of methoxy groups -OCH3 is 1. The molecule has 2 rings (SSSR count). The largest absolute Gasteiger partial charge is 0.497 e. The first kappa shape index (κ1) is 13.8. The van der Waals surface area contributed by atoms with E-state index >= 15 is 0 Å². The first-order valence-corrected chi connectivity index (χ1v) is 7.74. The van der Waals surface area contributed by atoms with Gasteiger partial charge in [0.25, 0.3) is 0 Å². The summed E-state index contributed by atoms with van der Waals surface area (Å²) in [5, 5.41) is 0. The first-order valence-electron chi connectivity index (χ1n) is 5.84. The summed E-state index contributed by atoms with van der Waals surface area (Å²) in [5.41, 5.74) is 1.84. The van der Waals surface area contributed by atoms with Crippen LogP contribution in [0.15, 0.2) is 18.2 Å². The van der Waals surface area contributed by atoms with Gasteiger partial charge < -0.3 is 9.30 Å². The number of rotatable bonds is 5. The Morgan fingerprint density at radius 1 is 1.42 bits per heavy atom. The van der Waals surface area contributed by atoms with Gasteiger partial charge in [-0.2, -0.15) is 0 Å². The number of fused-ring (bicyclic) bond motifs is 1. The number of sulfonamides is 1. The number of ether oxygens (including phenoxy) is 1. The summed E-state index contributed by atoms with van der Waals surface area (Å²) in [6, 6.07) is 5.68. The van der Waals surface area contributed by atoms with Gasteiger partial charge in [0, 0.05) is 26.1 Å². The summed E-state index contributed by atoms with van der Waals surface area (Å²) in [5.74, 6) is 1.59. The highest BCUT2D eigenvalue weighted by molar-refractivity contribution is 7.88. The lowest BCUT2D eigenvalue weighted by molar-refractivity contribution is 0.415. The minimum absolute atomic E-state index is 0.340. The van der Waals surface area contributed by atoms with Crippen molar-refractivity contribution in [2.45, 2.75) is 6.42 Å². The average Bonchev–Trinajstić information content (AvgIpc) is 2.64. The summed E-state index contributed by atoms with van der Waals surface area (Å²) < 4.78 is 31.6. The molecule has 104 valence electrons. The quantitative estimate of drug-likeness (QED) is 0.875. The van der Waals surface area contributed by atoms with Crippen LogP contribution in [0, 0.1) is 0 Å². The van der Waals surface area contributed by atoms with Gasteiger partial charge in [-0.25, -0.2) is 18.1 Å². The highest BCUT2D eigenvalue weighted by Crippen LogP contribution is 2.20. The molecule has 0 radical (unpaired) electrons. The number of imidazole rings is 1. The molecule has 7 heteroatoms. The Morgan fingerprint density at radius 3 is 2.79 bits per heavy atom. The van der Waals surface area contributed by atoms with Gasteiger partial charge in [0.15, 0.2) is 0 Å². The molecule has 1 heterocycles. The van der Waals surface area contributed by atoms with Crippen LogP contribution in [0.25, 0.3) is 11.0 Å². The Bertz CT molecular complexity index is 692. The molecule has 0 aliphatic carbocycles. The van der Waals surface area contributed by atoms with E-state index in [-0.39, 0.29) is 0 Å². The molecule has 0 saturated heterocycles. The van der Waals surface area contributed by atoms with Crippen molar-refractivity contribution >= 4 is 21.1 Å². The monoisotopic (exact) mass is 283 g/mol. The summed E-state index contributed by atoms with van der Waals surface area (Å²) in [4.78, 5) is 4.49. The van der Waals surface area contributed by atoms with E-state index in [2.05, 4.69) is 9.71 Å². The molecule has 2 aromatic rings. The predicted molar refractivity (Wildman–Crippen MR) is 73.8 cm³/mol. The number of aryl methyl sites for hydroxylation is 1. The van der Waals surface area contributed by atoms with Gasteiger partial charge in [-0.1, -0.05) is 0 Å². The molecule has 19 heavy (non-hydrogen) atoms. The number of aromatic nitrogens is 2. The number of hydrogen-bond acceptors (Lipinski definition) is 4.